The first-order valence-electron chi connectivity index (χ1n) is 4.35. The molecule has 14 heavy (non-hydrogen) atoms. The summed E-state index contributed by atoms with van der Waals surface area (Å²) >= 11 is 0. The Morgan fingerprint density at radius 2 is 2.00 bits per heavy atom. The fraction of sp³-hybridized carbons (Fsp3) is 0.182. The summed E-state index contributed by atoms with van der Waals surface area (Å²) in [4.78, 5) is 11.2. The molecule has 0 fully saturated rings. The first-order valence-corrected chi connectivity index (χ1v) is 4.35. The standard InChI is InChI=1S/C11H13NO2/c1-9(8-13)11(14)12-7-10-5-3-2-4-6-10/h2-6,13H,1,7-8H2,(H,12,14). The maximum Gasteiger partial charge on any atom is 0.249 e. The molecule has 0 bridgehead atoms. The van der Waals surface area contributed by atoms with Crippen molar-refractivity contribution in [3.63, 3.8) is 0 Å². The number of hydrogen-bond acceptors (Lipinski definition) is 2. The molecule has 0 spiro atoms. The van der Waals surface area contributed by atoms with Crippen LogP contribution in [0.2, 0.25) is 0 Å². The van der Waals surface area contributed by atoms with Crippen LogP contribution in [-0.4, -0.2) is 17.6 Å². The lowest BCUT2D eigenvalue weighted by Crippen LogP contribution is -2.25. The van der Waals surface area contributed by atoms with Crippen LogP contribution >= 0.6 is 0 Å². The van der Waals surface area contributed by atoms with E-state index >= 15 is 0 Å². The molecule has 74 valence electrons. The molecule has 0 aliphatic carbocycles. The summed E-state index contributed by atoms with van der Waals surface area (Å²) in [6.07, 6.45) is 0. The van der Waals surface area contributed by atoms with Gasteiger partial charge in [0.15, 0.2) is 0 Å². The summed E-state index contributed by atoms with van der Waals surface area (Å²) in [5.74, 6) is -0.309. The van der Waals surface area contributed by atoms with Crippen molar-refractivity contribution >= 4 is 5.91 Å². The normalized spacial score (nSPS) is 9.50. The van der Waals surface area contributed by atoms with Crippen LogP contribution < -0.4 is 5.32 Å². The number of carbonyl (C=O) groups is 1. The fourth-order valence-electron chi connectivity index (χ4n) is 0.975. The van der Waals surface area contributed by atoms with Gasteiger partial charge in [-0.25, -0.2) is 0 Å². The molecule has 0 aliphatic heterocycles. The van der Waals surface area contributed by atoms with Crippen molar-refractivity contribution in [2.75, 3.05) is 6.61 Å². The smallest absolute Gasteiger partial charge is 0.249 e. The SMILES string of the molecule is C=C(CO)C(=O)NCc1ccccc1. The number of aliphatic hydroxyl groups is 1. The Hall–Kier alpha value is -1.61. The van der Waals surface area contributed by atoms with Gasteiger partial charge in [0.25, 0.3) is 0 Å². The molecule has 0 saturated heterocycles. The number of hydrogen-bond donors (Lipinski definition) is 2. The topological polar surface area (TPSA) is 49.3 Å². The average Bonchev–Trinajstić information content (AvgIpc) is 2.26. The number of rotatable bonds is 4. The third-order valence-electron chi connectivity index (χ3n) is 1.81. The fourth-order valence-corrected chi connectivity index (χ4v) is 0.975. The van der Waals surface area contributed by atoms with Crippen LogP contribution in [0.25, 0.3) is 0 Å². The van der Waals surface area contributed by atoms with E-state index in [2.05, 4.69) is 11.9 Å². The molecule has 0 radical (unpaired) electrons. The molecule has 1 rings (SSSR count). The molecule has 1 aromatic rings. The van der Waals surface area contributed by atoms with Gasteiger partial charge in [-0.05, 0) is 5.56 Å². The summed E-state index contributed by atoms with van der Waals surface area (Å²) in [5, 5.41) is 11.3. The lowest BCUT2D eigenvalue weighted by Gasteiger charge is -2.05. The van der Waals surface area contributed by atoms with Crippen LogP contribution in [0.3, 0.4) is 0 Å². The molecule has 2 N–H and O–H groups in total. The highest BCUT2D eigenvalue weighted by molar-refractivity contribution is 5.92. The molecule has 0 aromatic heterocycles. The average molecular weight is 191 g/mol. The lowest BCUT2D eigenvalue weighted by molar-refractivity contribution is -0.118. The Morgan fingerprint density at radius 3 is 2.57 bits per heavy atom. The molecule has 0 heterocycles. The third-order valence-corrected chi connectivity index (χ3v) is 1.81. The number of carbonyl (C=O) groups excluding carboxylic acids is 1. The van der Waals surface area contributed by atoms with Crippen molar-refractivity contribution in [3.05, 3.63) is 48.0 Å². The molecule has 3 heteroatoms. The predicted octanol–water partition coefficient (Wildman–Crippen LogP) is 0.851. The van der Waals surface area contributed by atoms with Crippen molar-refractivity contribution in [2.24, 2.45) is 0 Å². The molecular formula is C11H13NO2. The van der Waals surface area contributed by atoms with Crippen LogP contribution in [0.15, 0.2) is 42.5 Å². The van der Waals surface area contributed by atoms with E-state index in [1.165, 1.54) is 0 Å². The first kappa shape index (κ1) is 10.5. The Morgan fingerprint density at radius 1 is 1.36 bits per heavy atom. The quantitative estimate of drug-likeness (QED) is 0.693. The van der Waals surface area contributed by atoms with Gasteiger partial charge in [0.1, 0.15) is 0 Å². The molecule has 0 saturated carbocycles. The van der Waals surface area contributed by atoms with Gasteiger partial charge >= 0.3 is 0 Å². The van der Waals surface area contributed by atoms with Gasteiger partial charge in [-0.3, -0.25) is 4.79 Å². The van der Waals surface area contributed by atoms with E-state index in [1.807, 2.05) is 30.3 Å². The van der Waals surface area contributed by atoms with Crippen LogP contribution in [0.5, 0.6) is 0 Å². The Kier molecular flexibility index (Phi) is 3.88. The second kappa shape index (κ2) is 5.19. The minimum Gasteiger partial charge on any atom is -0.391 e. The van der Waals surface area contributed by atoms with Crippen molar-refractivity contribution in [1.29, 1.82) is 0 Å². The summed E-state index contributed by atoms with van der Waals surface area (Å²) in [6, 6.07) is 9.56. The third kappa shape index (κ3) is 3.03. The minimum atomic E-state index is -0.309. The Labute approximate surface area is 83.1 Å². The molecular weight excluding hydrogens is 178 g/mol. The molecule has 1 amide bonds. The zero-order valence-electron chi connectivity index (χ0n) is 7.86. The Bertz CT molecular complexity index is 319. The predicted molar refractivity (Wildman–Crippen MR) is 54.5 cm³/mol. The maximum absolute atomic E-state index is 11.2. The second-order valence-electron chi connectivity index (χ2n) is 2.93. The monoisotopic (exact) mass is 191 g/mol. The van der Waals surface area contributed by atoms with E-state index < -0.39 is 0 Å². The Balaban J connectivity index is 2.42. The van der Waals surface area contributed by atoms with E-state index in [9.17, 15) is 4.79 Å². The van der Waals surface area contributed by atoms with Gasteiger partial charge in [0, 0.05) is 12.1 Å². The summed E-state index contributed by atoms with van der Waals surface area (Å²) in [6.45, 7) is 3.58. The van der Waals surface area contributed by atoms with E-state index in [4.69, 9.17) is 5.11 Å². The van der Waals surface area contributed by atoms with Gasteiger partial charge in [0.05, 0.1) is 6.61 Å². The summed E-state index contributed by atoms with van der Waals surface area (Å²) in [7, 11) is 0. The lowest BCUT2D eigenvalue weighted by atomic mass is 10.2. The van der Waals surface area contributed by atoms with Crippen molar-refractivity contribution in [1.82, 2.24) is 5.32 Å². The summed E-state index contributed by atoms with van der Waals surface area (Å²) < 4.78 is 0. The molecule has 3 nitrogen and oxygen atoms in total. The van der Waals surface area contributed by atoms with Crippen molar-refractivity contribution in [2.45, 2.75) is 6.54 Å². The van der Waals surface area contributed by atoms with Crippen molar-refractivity contribution < 1.29 is 9.90 Å². The minimum absolute atomic E-state index is 0.181. The highest BCUT2D eigenvalue weighted by Gasteiger charge is 2.03. The van der Waals surface area contributed by atoms with Crippen molar-refractivity contribution in [3.8, 4) is 0 Å². The van der Waals surface area contributed by atoms with E-state index in [0.29, 0.717) is 6.54 Å². The maximum atomic E-state index is 11.2. The zero-order chi connectivity index (χ0) is 10.4. The van der Waals surface area contributed by atoms with E-state index in [0.717, 1.165) is 5.56 Å². The van der Waals surface area contributed by atoms with E-state index in [1.54, 1.807) is 0 Å². The molecule has 0 aliphatic rings. The number of benzene rings is 1. The number of aliphatic hydroxyl groups excluding tert-OH is 1. The number of nitrogens with one attached hydrogen (secondary N) is 1. The van der Waals surface area contributed by atoms with Gasteiger partial charge in [0.2, 0.25) is 5.91 Å². The molecule has 1 aromatic carbocycles. The second-order valence-corrected chi connectivity index (χ2v) is 2.93. The van der Waals surface area contributed by atoms with E-state index in [-0.39, 0.29) is 18.1 Å². The van der Waals surface area contributed by atoms with Crippen LogP contribution in [0.1, 0.15) is 5.56 Å². The van der Waals surface area contributed by atoms with Crippen LogP contribution in [-0.2, 0) is 11.3 Å². The van der Waals surface area contributed by atoms with Gasteiger partial charge < -0.3 is 10.4 Å². The van der Waals surface area contributed by atoms with Crippen LogP contribution in [0, 0.1) is 0 Å². The molecule has 0 unspecified atom stereocenters. The zero-order valence-corrected chi connectivity index (χ0v) is 7.86. The number of amides is 1. The van der Waals surface area contributed by atoms with Gasteiger partial charge in [-0.1, -0.05) is 36.9 Å². The van der Waals surface area contributed by atoms with Gasteiger partial charge in [-0.15, -0.1) is 0 Å². The molecule has 0 atom stereocenters. The largest absolute Gasteiger partial charge is 0.391 e. The van der Waals surface area contributed by atoms with Crippen LogP contribution in [0.4, 0.5) is 0 Å². The highest BCUT2D eigenvalue weighted by Crippen LogP contribution is 1.98. The first-order chi connectivity index (χ1) is 6.74. The summed E-state index contributed by atoms with van der Waals surface area (Å²) in [5.41, 5.74) is 1.20. The highest BCUT2D eigenvalue weighted by atomic mass is 16.3. The van der Waals surface area contributed by atoms with Gasteiger partial charge in [-0.2, -0.15) is 0 Å².